The average molecular weight is 188 g/mol. The van der Waals surface area contributed by atoms with Crippen LogP contribution in [0.15, 0.2) is 0 Å². The van der Waals surface area contributed by atoms with Crippen LogP contribution in [0.25, 0.3) is 0 Å². The van der Waals surface area contributed by atoms with Gasteiger partial charge in [0.05, 0.1) is 6.61 Å². The monoisotopic (exact) mass is 188 g/mol. The Morgan fingerprint density at radius 1 is 1.46 bits per heavy atom. The van der Waals surface area contributed by atoms with E-state index in [0.29, 0.717) is 13.0 Å². The van der Waals surface area contributed by atoms with Crippen molar-refractivity contribution in [2.75, 3.05) is 6.61 Å². The molecule has 74 valence electrons. The second-order valence-corrected chi connectivity index (χ2v) is 2.96. The number of carboxylic acid groups (broad SMARTS) is 1. The molecule has 1 unspecified atom stereocenters. The van der Waals surface area contributed by atoms with Crippen LogP contribution in [0.4, 0.5) is 0 Å². The van der Waals surface area contributed by atoms with Crippen molar-refractivity contribution in [1.82, 2.24) is 0 Å². The fourth-order valence-electron chi connectivity index (χ4n) is 1.29. The van der Waals surface area contributed by atoms with Crippen molar-refractivity contribution in [1.29, 1.82) is 0 Å². The van der Waals surface area contributed by atoms with E-state index in [1.54, 1.807) is 0 Å². The predicted octanol–water partition coefficient (Wildman–Crippen LogP) is 0.531. The summed E-state index contributed by atoms with van der Waals surface area (Å²) in [5.74, 6) is -3.60. The molecule has 0 aliphatic carbocycles. The Labute approximate surface area is 75.6 Å². The van der Waals surface area contributed by atoms with Crippen LogP contribution in [0.5, 0.6) is 0 Å². The zero-order chi connectivity index (χ0) is 9.90. The zero-order valence-electron chi connectivity index (χ0n) is 7.41. The second kappa shape index (κ2) is 3.74. The summed E-state index contributed by atoms with van der Waals surface area (Å²) in [5.41, 5.74) is 0. The van der Waals surface area contributed by atoms with Crippen LogP contribution in [0.1, 0.15) is 26.2 Å². The first-order valence-corrected chi connectivity index (χ1v) is 4.14. The number of ether oxygens (including phenoxy) is 2. The fraction of sp³-hybridized carbons (Fsp3) is 0.750. The molecule has 1 aliphatic heterocycles. The minimum absolute atomic E-state index is 0.224. The summed E-state index contributed by atoms with van der Waals surface area (Å²) in [6.07, 6.45) is 1.72. The van der Waals surface area contributed by atoms with Crippen LogP contribution in [0, 0.1) is 0 Å². The Hall–Kier alpha value is -1.10. The lowest BCUT2D eigenvalue weighted by atomic mass is 10.1. The molecule has 0 aromatic heterocycles. The van der Waals surface area contributed by atoms with Gasteiger partial charge in [-0.1, -0.05) is 0 Å². The number of esters is 1. The summed E-state index contributed by atoms with van der Waals surface area (Å²) in [6, 6.07) is 0. The molecule has 5 heteroatoms. The summed E-state index contributed by atoms with van der Waals surface area (Å²) in [4.78, 5) is 21.5. The molecule has 1 rings (SSSR count). The molecule has 1 aliphatic rings. The van der Waals surface area contributed by atoms with Crippen LogP contribution in [0.2, 0.25) is 0 Å². The average Bonchev–Trinajstić information content (AvgIpc) is 2.04. The topological polar surface area (TPSA) is 72.8 Å². The number of hydrogen-bond acceptors (Lipinski definition) is 4. The van der Waals surface area contributed by atoms with E-state index in [9.17, 15) is 9.59 Å². The van der Waals surface area contributed by atoms with Crippen LogP contribution in [0.3, 0.4) is 0 Å². The molecular weight excluding hydrogens is 176 g/mol. The lowest BCUT2D eigenvalue weighted by Gasteiger charge is -2.31. The first-order chi connectivity index (χ1) is 6.07. The van der Waals surface area contributed by atoms with Crippen molar-refractivity contribution < 1.29 is 24.2 Å². The van der Waals surface area contributed by atoms with E-state index in [2.05, 4.69) is 4.74 Å². The Morgan fingerprint density at radius 2 is 2.15 bits per heavy atom. The molecule has 13 heavy (non-hydrogen) atoms. The minimum Gasteiger partial charge on any atom is -0.476 e. The van der Waals surface area contributed by atoms with Gasteiger partial charge >= 0.3 is 17.7 Å². The van der Waals surface area contributed by atoms with Gasteiger partial charge in [0, 0.05) is 13.3 Å². The standard InChI is InChI=1S/C8H12O5/c1-6(9)13-8(7(10)11)4-2-3-5-12-8/h2-5H2,1H3,(H,10,11). The molecule has 1 saturated heterocycles. The SMILES string of the molecule is CC(=O)OC1(C(=O)O)CCCCO1. The Kier molecular flexibility index (Phi) is 2.87. The van der Waals surface area contributed by atoms with Gasteiger partial charge in [0.2, 0.25) is 0 Å². The van der Waals surface area contributed by atoms with E-state index in [1.165, 1.54) is 6.92 Å². The first kappa shape index (κ1) is 9.98. The molecule has 1 atom stereocenters. The van der Waals surface area contributed by atoms with Crippen LogP contribution < -0.4 is 0 Å². The molecule has 0 saturated carbocycles. The van der Waals surface area contributed by atoms with Crippen LogP contribution in [-0.2, 0) is 19.1 Å². The Balaban J connectivity index is 2.73. The van der Waals surface area contributed by atoms with Gasteiger partial charge in [-0.05, 0) is 12.8 Å². The van der Waals surface area contributed by atoms with Crippen molar-refractivity contribution in [3.63, 3.8) is 0 Å². The van der Waals surface area contributed by atoms with Gasteiger partial charge in [-0.3, -0.25) is 4.79 Å². The predicted molar refractivity (Wildman–Crippen MR) is 41.9 cm³/mol. The molecule has 0 spiro atoms. The van der Waals surface area contributed by atoms with Gasteiger partial charge in [-0.15, -0.1) is 0 Å². The third-order valence-electron chi connectivity index (χ3n) is 1.87. The largest absolute Gasteiger partial charge is 0.476 e. The van der Waals surface area contributed by atoms with E-state index in [1.807, 2.05) is 0 Å². The molecule has 0 bridgehead atoms. The van der Waals surface area contributed by atoms with Crippen molar-refractivity contribution in [2.45, 2.75) is 32.0 Å². The maximum absolute atomic E-state index is 10.8. The highest BCUT2D eigenvalue weighted by molar-refractivity contribution is 5.79. The summed E-state index contributed by atoms with van der Waals surface area (Å²) >= 11 is 0. The van der Waals surface area contributed by atoms with Crippen LogP contribution in [-0.4, -0.2) is 29.4 Å². The molecular formula is C8H12O5. The maximum atomic E-state index is 10.8. The number of carbonyl (C=O) groups excluding carboxylic acids is 1. The summed E-state index contributed by atoms with van der Waals surface area (Å²) in [6.45, 7) is 1.49. The van der Waals surface area contributed by atoms with Gasteiger partial charge in [-0.2, -0.15) is 0 Å². The van der Waals surface area contributed by atoms with Crippen molar-refractivity contribution in [2.24, 2.45) is 0 Å². The van der Waals surface area contributed by atoms with Crippen molar-refractivity contribution >= 4 is 11.9 Å². The molecule has 1 fully saturated rings. The minimum atomic E-state index is -1.73. The van der Waals surface area contributed by atoms with Gasteiger partial charge in [0.1, 0.15) is 0 Å². The van der Waals surface area contributed by atoms with E-state index < -0.39 is 17.7 Å². The molecule has 5 nitrogen and oxygen atoms in total. The molecule has 0 amide bonds. The Morgan fingerprint density at radius 3 is 2.54 bits per heavy atom. The number of hydrogen-bond donors (Lipinski definition) is 1. The zero-order valence-corrected chi connectivity index (χ0v) is 7.41. The highest BCUT2D eigenvalue weighted by Gasteiger charge is 2.44. The third kappa shape index (κ3) is 2.18. The number of carbonyl (C=O) groups is 2. The first-order valence-electron chi connectivity index (χ1n) is 4.14. The molecule has 0 aromatic rings. The highest BCUT2D eigenvalue weighted by atomic mass is 16.7. The van der Waals surface area contributed by atoms with Crippen molar-refractivity contribution in [3.05, 3.63) is 0 Å². The number of carboxylic acids is 1. The normalized spacial score (nSPS) is 28.1. The summed E-state index contributed by atoms with van der Waals surface area (Å²) in [5, 5.41) is 8.84. The number of rotatable bonds is 2. The Bertz CT molecular complexity index is 217. The summed E-state index contributed by atoms with van der Waals surface area (Å²) in [7, 11) is 0. The third-order valence-corrected chi connectivity index (χ3v) is 1.87. The smallest absolute Gasteiger partial charge is 0.377 e. The molecule has 0 aromatic carbocycles. The van der Waals surface area contributed by atoms with E-state index in [4.69, 9.17) is 9.84 Å². The van der Waals surface area contributed by atoms with Gasteiger partial charge < -0.3 is 14.6 Å². The molecule has 0 radical (unpaired) electrons. The van der Waals surface area contributed by atoms with Gasteiger partial charge in [0.25, 0.3) is 0 Å². The molecule has 1 N–H and O–H groups in total. The maximum Gasteiger partial charge on any atom is 0.377 e. The van der Waals surface area contributed by atoms with E-state index in [0.717, 1.165) is 6.42 Å². The number of aliphatic carboxylic acids is 1. The van der Waals surface area contributed by atoms with Gasteiger partial charge in [0.15, 0.2) is 0 Å². The highest BCUT2D eigenvalue weighted by Crippen LogP contribution is 2.26. The van der Waals surface area contributed by atoms with Crippen LogP contribution >= 0.6 is 0 Å². The fourth-order valence-corrected chi connectivity index (χ4v) is 1.29. The summed E-state index contributed by atoms with van der Waals surface area (Å²) < 4.78 is 9.67. The van der Waals surface area contributed by atoms with E-state index >= 15 is 0 Å². The quantitative estimate of drug-likeness (QED) is 0.640. The van der Waals surface area contributed by atoms with E-state index in [-0.39, 0.29) is 6.42 Å². The van der Waals surface area contributed by atoms with Gasteiger partial charge in [-0.25, -0.2) is 4.79 Å². The lowest BCUT2D eigenvalue weighted by molar-refractivity contribution is -0.249. The lowest BCUT2D eigenvalue weighted by Crippen LogP contribution is -2.47. The second-order valence-electron chi connectivity index (χ2n) is 2.96. The molecule has 1 heterocycles. The van der Waals surface area contributed by atoms with Crippen molar-refractivity contribution in [3.8, 4) is 0 Å².